The molecule has 0 aromatic heterocycles. The quantitative estimate of drug-likeness (QED) is 0.518. The molecule has 3 heteroatoms. The first-order valence-electron chi connectivity index (χ1n) is 2.12. The van der Waals surface area contributed by atoms with Crippen molar-refractivity contribution in [3.63, 3.8) is 0 Å². The monoisotopic (exact) mass is 114 g/mol. The summed E-state index contributed by atoms with van der Waals surface area (Å²) >= 11 is 0. The molecule has 0 radical (unpaired) electrons. The lowest BCUT2D eigenvalue weighted by Gasteiger charge is -1.90. The van der Waals surface area contributed by atoms with Crippen LogP contribution in [0.2, 0.25) is 0 Å². The third-order valence-electron chi connectivity index (χ3n) is 0.708. The van der Waals surface area contributed by atoms with Gasteiger partial charge in [0.2, 0.25) is 0 Å². The molecule has 0 aromatic carbocycles. The molecule has 0 aliphatic carbocycles. The van der Waals surface area contributed by atoms with Crippen molar-refractivity contribution >= 4 is 11.9 Å². The Kier molecular flexibility index (Phi) is 2.59. The van der Waals surface area contributed by atoms with Crippen LogP contribution in [0, 0.1) is 5.92 Å². The van der Waals surface area contributed by atoms with Gasteiger partial charge in [-0.3, -0.25) is 4.79 Å². The molecule has 0 heterocycles. The molecule has 0 saturated carbocycles. The van der Waals surface area contributed by atoms with Gasteiger partial charge < -0.3 is 5.11 Å². The Morgan fingerprint density at radius 1 is 1.88 bits per heavy atom. The molecule has 1 atom stereocenters. The molecule has 0 aliphatic rings. The number of carboxylic acids is 1. The second-order valence-electron chi connectivity index (χ2n) is 1.41. The highest BCUT2D eigenvalue weighted by molar-refractivity contribution is 5.74. The van der Waals surface area contributed by atoms with Gasteiger partial charge in [-0.05, 0) is 6.92 Å². The van der Waals surface area contributed by atoms with Gasteiger partial charge in [-0.15, -0.1) is 0 Å². The molecule has 0 aromatic rings. The molecular weight excluding hydrogens is 108 g/mol. The van der Waals surface area contributed by atoms with Crippen LogP contribution in [-0.2, 0) is 9.59 Å². The van der Waals surface area contributed by atoms with Crippen LogP contribution in [0.25, 0.3) is 0 Å². The van der Waals surface area contributed by atoms with Crippen LogP contribution in [-0.4, -0.2) is 17.0 Å². The second kappa shape index (κ2) is 2.99. The van der Waals surface area contributed by atoms with E-state index in [0.717, 1.165) is 6.08 Å². The fourth-order valence-corrected chi connectivity index (χ4v) is 0.173. The van der Waals surface area contributed by atoms with E-state index in [0.29, 0.717) is 0 Å². The van der Waals surface area contributed by atoms with Crippen LogP contribution in [0.15, 0.2) is 6.08 Å². The highest BCUT2D eigenvalue weighted by Gasteiger charge is 2.04. The molecule has 0 rings (SSSR count). The van der Waals surface area contributed by atoms with Gasteiger partial charge in [0.05, 0.1) is 5.92 Å². The van der Waals surface area contributed by atoms with Crippen molar-refractivity contribution in [2.75, 3.05) is 0 Å². The zero-order chi connectivity index (χ0) is 6.57. The largest absolute Gasteiger partial charge is 0.481 e. The molecule has 0 saturated heterocycles. The molecule has 0 aliphatic heterocycles. The number of hydrogen-bond acceptors (Lipinski definition) is 2. The normalized spacial score (nSPS) is 11.6. The number of rotatable bonds is 2. The fraction of sp³-hybridized carbons (Fsp3) is 0.400. The molecule has 0 spiro atoms. The first-order chi connectivity index (χ1) is 3.68. The van der Waals surface area contributed by atoms with Crippen LogP contribution in [0.3, 0.4) is 0 Å². The SMILES string of the molecule is CC(C=C=O)C(=O)O. The molecular formula is C5H6O3. The van der Waals surface area contributed by atoms with E-state index in [1.54, 1.807) is 0 Å². The van der Waals surface area contributed by atoms with E-state index in [-0.39, 0.29) is 0 Å². The summed E-state index contributed by atoms with van der Waals surface area (Å²) < 4.78 is 0. The average molecular weight is 114 g/mol. The lowest BCUT2D eigenvalue weighted by molar-refractivity contribution is -0.139. The van der Waals surface area contributed by atoms with Gasteiger partial charge in [0.25, 0.3) is 0 Å². The summed E-state index contributed by atoms with van der Waals surface area (Å²) in [5.74, 6) is -0.328. The predicted octanol–water partition coefficient (Wildman–Crippen LogP) is 0.0949. The van der Waals surface area contributed by atoms with Crippen molar-refractivity contribution < 1.29 is 14.7 Å². The van der Waals surface area contributed by atoms with Crippen molar-refractivity contribution in [3.8, 4) is 0 Å². The van der Waals surface area contributed by atoms with Gasteiger partial charge in [0, 0.05) is 6.08 Å². The van der Waals surface area contributed by atoms with Crippen LogP contribution in [0.1, 0.15) is 6.92 Å². The second-order valence-corrected chi connectivity index (χ2v) is 1.41. The number of carbonyl (C=O) groups is 1. The molecule has 1 unspecified atom stereocenters. The predicted molar refractivity (Wildman–Crippen MR) is 27.1 cm³/mol. The maximum atomic E-state index is 9.88. The summed E-state index contributed by atoms with van der Waals surface area (Å²) in [5, 5.41) is 8.10. The van der Waals surface area contributed by atoms with Crippen LogP contribution in [0.4, 0.5) is 0 Å². The molecule has 1 N–H and O–H groups in total. The highest BCUT2D eigenvalue weighted by Crippen LogP contribution is 1.91. The maximum Gasteiger partial charge on any atom is 0.310 e. The third kappa shape index (κ3) is 2.16. The summed E-state index contributed by atoms with van der Waals surface area (Å²) in [7, 11) is 0. The van der Waals surface area contributed by atoms with Gasteiger partial charge >= 0.3 is 5.97 Å². The van der Waals surface area contributed by atoms with Crippen molar-refractivity contribution in [3.05, 3.63) is 6.08 Å². The standard InChI is InChI=1S/C5H6O3/c1-4(2-3-6)5(7)8/h2,4H,1H3,(H,7,8). The Bertz CT molecular complexity index is 131. The van der Waals surface area contributed by atoms with Gasteiger partial charge in [0.15, 0.2) is 0 Å². The highest BCUT2D eigenvalue weighted by atomic mass is 16.4. The van der Waals surface area contributed by atoms with E-state index < -0.39 is 11.9 Å². The Morgan fingerprint density at radius 2 is 2.38 bits per heavy atom. The maximum absolute atomic E-state index is 9.88. The third-order valence-corrected chi connectivity index (χ3v) is 0.708. The fourth-order valence-electron chi connectivity index (χ4n) is 0.173. The Labute approximate surface area is 46.6 Å². The summed E-state index contributed by atoms with van der Waals surface area (Å²) in [6, 6.07) is 0. The topological polar surface area (TPSA) is 54.4 Å². The van der Waals surface area contributed by atoms with Crippen molar-refractivity contribution in [1.29, 1.82) is 0 Å². The molecule has 0 amide bonds. The van der Waals surface area contributed by atoms with Crippen LogP contribution < -0.4 is 0 Å². The zero-order valence-corrected chi connectivity index (χ0v) is 4.42. The summed E-state index contributed by atoms with van der Waals surface area (Å²) in [6.45, 7) is 1.41. The summed E-state index contributed by atoms with van der Waals surface area (Å²) in [5.41, 5.74) is 0. The number of hydrogen-bond donors (Lipinski definition) is 1. The van der Waals surface area contributed by atoms with Gasteiger partial charge in [0.1, 0.15) is 5.94 Å². The van der Waals surface area contributed by atoms with Crippen LogP contribution in [0.5, 0.6) is 0 Å². The van der Waals surface area contributed by atoms with E-state index in [1.807, 2.05) is 0 Å². The van der Waals surface area contributed by atoms with Crippen LogP contribution >= 0.6 is 0 Å². The zero-order valence-electron chi connectivity index (χ0n) is 4.42. The number of aliphatic carboxylic acids is 1. The van der Waals surface area contributed by atoms with E-state index in [1.165, 1.54) is 12.9 Å². The van der Waals surface area contributed by atoms with Crippen molar-refractivity contribution in [2.45, 2.75) is 6.92 Å². The van der Waals surface area contributed by atoms with Crippen molar-refractivity contribution in [2.24, 2.45) is 5.92 Å². The lowest BCUT2D eigenvalue weighted by atomic mass is 10.2. The van der Waals surface area contributed by atoms with Crippen molar-refractivity contribution in [1.82, 2.24) is 0 Å². The minimum absolute atomic E-state index is 0.715. The smallest absolute Gasteiger partial charge is 0.310 e. The Balaban J connectivity index is 3.82. The summed E-state index contributed by atoms with van der Waals surface area (Å²) in [4.78, 5) is 19.4. The molecule has 44 valence electrons. The first kappa shape index (κ1) is 6.92. The van der Waals surface area contributed by atoms with E-state index in [9.17, 15) is 9.59 Å². The molecule has 3 nitrogen and oxygen atoms in total. The lowest BCUT2D eigenvalue weighted by Crippen LogP contribution is -2.05. The van der Waals surface area contributed by atoms with E-state index in [2.05, 4.69) is 0 Å². The van der Waals surface area contributed by atoms with Gasteiger partial charge in [-0.1, -0.05) is 0 Å². The van der Waals surface area contributed by atoms with E-state index >= 15 is 0 Å². The van der Waals surface area contributed by atoms with Gasteiger partial charge in [-0.25, -0.2) is 4.79 Å². The number of carbonyl (C=O) groups excluding carboxylic acids is 1. The Hall–Kier alpha value is -1.08. The first-order valence-corrected chi connectivity index (χ1v) is 2.12. The minimum atomic E-state index is -1.01. The minimum Gasteiger partial charge on any atom is -0.481 e. The molecule has 0 bridgehead atoms. The van der Waals surface area contributed by atoms with Gasteiger partial charge in [-0.2, -0.15) is 0 Å². The number of carboxylic acid groups (broad SMARTS) is 1. The van der Waals surface area contributed by atoms with E-state index in [4.69, 9.17) is 5.11 Å². The average Bonchev–Trinajstić information content (AvgIpc) is 1.67. The molecule has 0 fully saturated rings. The molecule has 8 heavy (non-hydrogen) atoms. The Morgan fingerprint density at radius 3 is 2.50 bits per heavy atom. The summed E-state index contributed by atoms with van der Waals surface area (Å²) in [6.07, 6.45) is 0.961.